The Morgan fingerprint density at radius 1 is 1.18 bits per heavy atom. The summed E-state index contributed by atoms with van der Waals surface area (Å²) >= 11 is 0. The van der Waals surface area contributed by atoms with Crippen LogP contribution in [0.4, 0.5) is 0 Å². The van der Waals surface area contributed by atoms with E-state index >= 15 is 0 Å². The van der Waals surface area contributed by atoms with Crippen LogP contribution in [0.1, 0.15) is 5.56 Å². The quantitative estimate of drug-likeness (QED) is 0.607. The van der Waals surface area contributed by atoms with E-state index in [9.17, 15) is 0 Å². The summed E-state index contributed by atoms with van der Waals surface area (Å²) in [5.74, 6) is 2.18. The van der Waals surface area contributed by atoms with Gasteiger partial charge in [0.05, 0.1) is 0 Å². The average molecular weight is 165 g/mol. The summed E-state index contributed by atoms with van der Waals surface area (Å²) in [4.78, 5) is 0. The van der Waals surface area contributed by atoms with Crippen molar-refractivity contribution in [3.63, 3.8) is 0 Å². The summed E-state index contributed by atoms with van der Waals surface area (Å²) in [7, 11) is 5.35. The standard InChI is InChI=1S/C9H12NP/c1-10(2)11-8-9-6-4-3-5-7-9/h3-8H,1-2H3. The lowest BCUT2D eigenvalue weighted by molar-refractivity contribution is 0.701. The van der Waals surface area contributed by atoms with Crippen LogP contribution in [-0.2, 0) is 0 Å². The molecule has 0 atom stereocenters. The van der Waals surface area contributed by atoms with Gasteiger partial charge >= 0.3 is 0 Å². The van der Waals surface area contributed by atoms with Gasteiger partial charge in [-0.05, 0) is 33.8 Å². The van der Waals surface area contributed by atoms with Crippen molar-refractivity contribution in [2.24, 2.45) is 0 Å². The van der Waals surface area contributed by atoms with E-state index in [2.05, 4.69) is 48.8 Å². The molecular formula is C9H12NP. The molecule has 0 unspecified atom stereocenters. The van der Waals surface area contributed by atoms with Gasteiger partial charge in [0.1, 0.15) is 0 Å². The molecule has 1 nitrogen and oxygen atoms in total. The second kappa shape index (κ2) is 4.27. The molecule has 0 amide bonds. The molecule has 58 valence electrons. The predicted octanol–water partition coefficient (Wildman–Crippen LogP) is 2.26. The minimum Gasteiger partial charge on any atom is -0.264 e. The minimum absolute atomic E-state index is 1.23. The smallest absolute Gasteiger partial charge is 0.00514 e. The zero-order chi connectivity index (χ0) is 8.10. The van der Waals surface area contributed by atoms with Crippen LogP contribution < -0.4 is 0 Å². The third kappa shape index (κ3) is 3.31. The Bertz CT molecular complexity index is 229. The highest BCUT2D eigenvalue weighted by Gasteiger charge is 1.83. The number of rotatable bonds is 2. The van der Waals surface area contributed by atoms with Crippen LogP contribution in [0.15, 0.2) is 30.3 Å². The molecule has 0 N–H and O–H groups in total. The van der Waals surface area contributed by atoms with Crippen LogP contribution in [-0.4, -0.2) is 24.6 Å². The monoisotopic (exact) mass is 165 g/mol. The SMILES string of the molecule is CN(C)P=Cc1ccccc1. The maximum absolute atomic E-state index is 2.18. The third-order valence-electron chi connectivity index (χ3n) is 1.24. The zero-order valence-electron chi connectivity index (χ0n) is 6.86. The van der Waals surface area contributed by atoms with E-state index in [1.165, 1.54) is 13.9 Å². The van der Waals surface area contributed by atoms with Crippen molar-refractivity contribution in [1.82, 2.24) is 4.67 Å². The first kappa shape index (κ1) is 8.45. The van der Waals surface area contributed by atoms with Gasteiger partial charge in [-0.25, -0.2) is 0 Å². The number of hydrogen-bond donors (Lipinski definition) is 0. The Morgan fingerprint density at radius 3 is 2.36 bits per heavy atom. The molecule has 0 saturated heterocycles. The fourth-order valence-electron chi connectivity index (χ4n) is 0.721. The Balaban J connectivity index is 2.65. The third-order valence-corrected chi connectivity index (χ3v) is 2.11. The molecule has 0 fully saturated rings. The zero-order valence-corrected chi connectivity index (χ0v) is 7.75. The molecule has 2 heteroatoms. The molecule has 0 aliphatic rings. The lowest BCUT2D eigenvalue weighted by atomic mass is 10.2. The molecule has 0 aliphatic heterocycles. The van der Waals surface area contributed by atoms with Crippen molar-refractivity contribution >= 4 is 14.2 Å². The van der Waals surface area contributed by atoms with Crippen molar-refractivity contribution < 1.29 is 0 Å². The fraction of sp³-hybridized carbons (Fsp3) is 0.222. The van der Waals surface area contributed by atoms with E-state index in [-0.39, 0.29) is 0 Å². The van der Waals surface area contributed by atoms with Crippen LogP contribution in [0, 0.1) is 0 Å². The maximum Gasteiger partial charge on any atom is -0.00514 e. The summed E-state index contributed by atoms with van der Waals surface area (Å²) in [6, 6.07) is 10.4. The molecule has 1 aromatic carbocycles. The number of hydrogen-bond acceptors (Lipinski definition) is 1. The van der Waals surface area contributed by atoms with E-state index in [1.807, 2.05) is 6.07 Å². The summed E-state index contributed by atoms with van der Waals surface area (Å²) in [5.41, 5.74) is 1.28. The first-order valence-electron chi connectivity index (χ1n) is 3.55. The topological polar surface area (TPSA) is 3.24 Å². The van der Waals surface area contributed by atoms with Crippen molar-refractivity contribution in [1.29, 1.82) is 0 Å². The number of nitrogens with zero attached hydrogens (tertiary/aromatic N) is 1. The van der Waals surface area contributed by atoms with Gasteiger partial charge in [-0.1, -0.05) is 30.3 Å². The second-order valence-electron chi connectivity index (χ2n) is 2.50. The lowest BCUT2D eigenvalue weighted by Crippen LogP contribution is -1.93. The van der Waals surface area contributed by atoms with Gasteiger partial charge < -0.3 is 0 Å². The molecule has 1 aromatic rings. The molecule has 0 aromatic heterocycles. The minimum atomic E-state index is 1.23. The molecule has 11 heavy (non-hydrogen) atoms. The Hall–Kier alpha value is -0.650. The van der Waals surface area contributed by atoms with Gasteiger partial charge in [-0.3, -0.25) is 4.67 Å². The largest absolute Gasteiger partial charge is 0.264 e. The van der Waals surface area contributed by atoms with Crippen LogP contribution >= 0.6 is 8.35 Å². The molecule has 0 spiro atoms. The number of benzene rings is 1. The normalized spacial score (nSPS) is 11.2. The van der Waals surface area contributed by atoms with Gasteiger partial charge in [0.2, 0.25) is 0 Å². The van der Waals surface area contributed by atoms with E-state index in [0.717, 1.165) is 0 Å². The molecule has 0 bridgehead atoms. The highest BCUT2D eigenvalue weighted by atomic mass is 31.1. The fourth-order valence-corrected chi connectivity index (χ4v) is 1.26. The highest BCUT2D eigenvalue weighted by Crippen LogP contribution is 2.02. The highest BCUT2D eigenvalue weighted by molar-refractivity contribution is 7.36. The van der Waals surface area contributed by atoms with Crippen LogP contribution in [0.25, 0.3) is 0 Å². The first-order chi connectivity index (χ1) is 5.29. The summed E-state index contributed by atoms with van der Waals surface area (Å²) in [6.07, 6.45) is 0. The van der Waals surface area contributed by atoms with Crippen LogP contribution in [0.2, 0.25) is 0 Å². The van der Waals surface area contributed by atoms with Gasteiger partial charge in [-0.15, -0.1) is 0 Å². The predicted molar refractivity (Wildman–Crippen MR) is 52.2 cm³/mol. The molecule has 0 heterocycles. The van der Waals surface area contributed by atoms with Crippen LogP contribution in [0.5, 0.6) is 0 Å². The van der Waals surface area contributed by atoms with Crippen molar-refractivity contribution in [3.05, 3.63) is 35.9 Å². The Morgan fingerprint density at radius 2 is 1.82 bits per heavy atom. The summed E-state index contributed by atoms with van der Waals surface area (Å²) < 4.78 is 2.12. The van der Waals surface area contributed by atoms with Gasteiger partial charge in [0.15, 0.2) is 0 Å². The van der Waals surface area contributed by atoms with Crippen molar-refractivity contribution in [2.45, 2.75) is 0 Å². The first-order valence-corrected chi connectivity index (χ1v) is 4.47. The Kier molecular flexibility index (Phi) is 3.28. The van der Waals surface area contributed by atoms with E-state index in [0.29, 0.717) is 0 Å². The molecule has 1 rings (SSSR count). The maximum atomic E-state index is 2.18. The molecule has 0 aliphatic carbocycles. The summed E-state index contributed by atoms with van der Waals surface area (Å²) in [6.45, 7) is 0. The van der Waals surface area contributed by atoms with Gasteiger partial charge in [-0.2, -0.15) is 0 Å². The van der Waals surface area contributed by atoms with Gasteiger partial charge in [0.25, 0.3) is 0 Å². The van der Waals surface area contributed by atoms with Gasteiger partial charge in [0, 0.05) is 0 Å². The molecule has 0 radical (unpaired) electrons. The lowest BCUT2D eigenvalue weighted by Gasteiger charge is -1.98. The second-order valence-corrected chi connectivity index (χ2v) is 3.79. The van der Waals surface area contributed by atoms with Crippen molar-refractivity contribution in [3.8, 4) is 0 Å². The van der Waals surface area contributed by atoms with E-state index in [1.54, 1.807) is 0 Å². The summed E-state index contributed by atoms with van der Waals surface area (Å²) in [5, 5.41) is 0. The van der Waals surface area contributed by atoms with Crippen LogP contribution in [0.3, 0.4) is 0 Å². The Labute approximate surface area is 69.5 Å². The van der Waals surface area contributed by atoms with E-state index < -0.39 is 0 Å². The van der Waals surface area contributed by atoms with Crippen molar-refractivity contribution in [2.75, 3.05) is 14.1 Å². The van der Waals surface area contributed by atoms with E-state index in [4.69, 9.17) is 0 Å². The molecule has 0 saturated carbocycles. The molecular weight excluding hydrogens is 153 g/mol. The average Bonchev–Trinajstić information content (AvgIpc) is 2.03.